The average Bonchev–Trinajstić information content (AvgIpc) is 2.36. The van der Waals surface area contributed by atoms with Gasteiger partial charge in [-0.15, -0.1) is 0 Å². The zero-order chi connectivity index (χ0) is 14.3. The van der Waals surface area contributed by atoms with E-state index in [1.54, 1.807) is 38.1 Å². The smallest absolute Gasteiger partial charge is 0.325 e. The lowest BCUT2D eigenvalue weighted by molar-refractivity contribution is -0.146. The van der Waals surface area contributed by atoms with Crippen molar-refractivity contribution in [1.82, 2.24) is 5.32 Å². The number of para-hydroxylation sites is 1. The molecule has 104 valence electrons. The summed E-state index contributed by atoms with van der Waals surface area (Å²) in [6.07, 6.45) is -0.194. The van der Waals surface area contributed by atoms with Crippen LogP contribution in [0.25, 0.3) is 0 Å². The molecule has 1 aromatic rings. The van der Waals surface area contributed by atoms with Gasteiger partial charge in [-0.25, -0.2) is 0 Å². The van der Waals surface area contributed by atoms with Crippen molar-refractivity contribution in [2.24, 2.45) is 0 Å². The van der Waals surface area contributed by atoms with Gasteiger partial charge in [0, 0.05) is 0 Å². The number of hydrogen-bond acceptors (Lipinski definition) is 4. The Morgan fingerprint density at radius 2 is 1.95 bits per heavy atom. The first-order valence-electron chi connectivity index (χ1n) is 6.24. The molecule has 0 aliphatic rings. The van der Waals surface area contributed by atoms with E-state index in [1.165, 1.54) is 0 Å². The van der Waals surface area contributed by atoms with Crippen LogP contribution in [-0.2, 0) is 9.53 Å². The van der Waals surface area contributed by atoms with E-state index >= 15 is 0 Å². The third-order valence-corrected chi connectivity index (χ3v) is 2.19. The Morgan fingerprint density at radius 1 is 1.26 bits per heavy atom. The van der Waals surface area contributed by atoms with E-state index in [1.807, 2.05) is 6.92 Å². The predicted molar refractivity (Wildman–Crippen MR) is 71.2 cm³/mol. The highest BCUT2D eigenvalue weighted by molar-refractivity contribution is 5.98. The summed E-state index contributed by atoms with van der Waals surface area (Å²) in [7, 11) is 0. The molecule has 1 amide bonds. The van der Waals surface area contributed by atoms with Crippen LogP contribution in [0.3, 0.4) is 0 Å². The fraction of sp³-hybridized carbons (Fsp3) is 0.429. The SMILES string of the molecule is CCOc1ccccc1C(=O)NCC(=O)OC(C)C. The Kier molecular flexibility index (Phi) is 5.85. The highest BCUT2D eigenvalue weighted by Gasteiger charge is 2.13. The quantitative estimate of drug-likeness (QED) is 0.796. The van der Waals surface area contributed by atoms with Crippen molar-refractivity contribution >= 4 is 11.9 Å². The molecule has 0 saturated heterocycles. The highest BCUT2D eigenvalue weighted by Crippen LogP contribution is 2.17. The Labute approximate surface area is 112 Å². The first kappa shape index (κ1) is 15.0. The molecule has 0 aliphatic carbocycles. The zero-order valence-corrected chi connectivity index (χ0v) is 11.4. The van der Waals surface area contributed by atoms with E-state index in [0.29, 0.717) is 17.9 Å². The van der Waals surface area contributed by atoms with Gasteiger partial charge in [0.05, 0.1) is 18.3 Å². The van der Waals surface area contributed by atoms with Crippen LogP contribution in [0.4, 0.5) is 0 Å². The standard InChI is InChI=1S/C14H19NO4/c1-4-18-12-8-6-5-7-11(12)14(17)15-9-13(16)19-10(2)3/h5-8,10H,4,9H2,1-3H3,(H,15,17). The van der Waals surface area contributed by atoms with Gasteiger partial charge in [-0.1, -0.05) is 12.1 Å². The minimum absolute atomic E-state index is 0.155. The third kappa shape index (κ3) is 4.99. The monoisotopic (exact) mass is 265 g/mol. The van der Waals surface area contributed by atoms with Crippen LogP contribution in [0.15, 0.2) is 24.3 Å². The highest BCUT2D eigenvalue weighted by atomic mass is 16.5. The third-order valence-electron chi connectivity index (χ3n) is 2.19. The van der Waals surface area contributed by atoms with Crippen molar-refractivity contribution in [1.29, 1.82) is 0 Å². The van der Waals surface area contributed by atoms with Crippen LogP contribution in [0.2, 0.25) is 0 Å². The van der Waals surface area contributed by atoms with E-state index in [-0.39, 0.29) is 18.6 Å². The van der Waals surface area contributed by atoms with Crippen LogP contribution in [0.5, 0.6) is 5.75 Å². The van der Waals surface area contributed by atoms with Crippen molar-refractivity contribution in [3.8, 4) is 5.75 Å². The lowest BCUT2D eigenvalue weighted by atomic mass is 10.2. The van der Waals surface area contributed by atoms with E-state index < -0.39 is 5.97 Å². The van der Waals surface area contributed by atoms with Gasteiger partial charge < -0.3 is 14.8 Å². The molecular formula is C14H19NO4. The molecule has 0 fully saturated rings. The second-order valence-corrected chi connectivity index (χ2v) is 4.15. The van der Waals surface area contributed by atoms with Crippen molar-refractivity contribution in [2.45, 2.75) is 26.9 Å². The van der Waals surface area contributed by atoms with Crippen LogP contribution in [0.1, 0.15) is 31.1 Å². The lowest BCUT2D eigenvalue weighted by Crippen LogP contribution is -2.31. The lowest BCUT2D eigenvalue weighted by Gasteiger charge is -2.11. The van der Waals surface area contributed by atoms with E-state index in [9.17, 15) is 9.59 Å². The summed E-state index contributed by atoms with van der Waals surface area (Å²) in [6, 6.07) is 6.89. The van der Waals surface area contributed by atoms with Gasteiger partial charge in [0.2, 0.25) is 0 Å². The van der Waals surface area contributed by atoms with Crippen LogP contribution in [0, 0.1) is 0 Å². The number of amides is 1. The summed E-state index contributed by atoms with van der Waals surface area (Å²) in [5.74, 6) is -0.318. The predicted octanol–water partition coefficient (Wildman–Crippen LogP) is 1.77. The first-order chi connectivity index (χ1) is 9.04. The number of rotatable bonds is 6. The molecule has 0 unspecified atom stereocenters. The topological polar surface area (TPSA) is 64.6 Å². The molecule has 5 heteroatoms. The Bertz CT molecular complexity index is 443. The van der Waals surface area contributed by atoms with Gasteiger partial charge in [0.25, 0.3) is 5.91 Å². The number of ether oxygens (including phenoxy) is 2. The minimum Gasteiger partial charge on any atom is -0.493 e. The number of nitrogens with one attached hydrogen (secondary N) is 1. The molecule has 0 saturated carbocycles. The second kappa shape index (κ2) is 7.41. The summed E-state index contributed by atoms with van der Waals surface area (Å²) in [5, 5.41) is 2.51. The van der Waals surface area contributed by atoms with Crippen molar-refractivity contribution in [3.63, 3.8) is 0 Å². The van der Waals surface area contributed by atoms with Gasteiger partial charge in [-0.2, -0.15) is 0 Å². The summed E-state index contributed by atoms with van der Waals surface area (Å²) < 4.78 is 10.3. The normalized spacial score (nSPS) is 10.1. The summed E-state index contributed by atoms with van der Waals surface area (Å²) >= 11 is 0. The maximum Gasteiger partial charge on any atom is 0.325 e. The molecule has 0 aliphatic heterocycles. The van der Waals surface area contributed by atoms with Gasteiger partial charge in [0.1, 0.15) is 12.3 Å². The van der Waals surface area contributed by atoms with E-state index in [0.717, 1.165) is 0 Å². The first-order valence-corrected chi connectivity index (χ1v) is 6.24. The van der Waals surface area contributed by atoms with Crippen molar-refractivity contribution in [2.75, 3.05) is 13.2 Å². The molecule has 1 aromatic carbocycles. The maximum absolute atomic E-state index is 11.9. The Balaban J connectivity index is 2.61. The van der Waals surface area contributed by atoms with Crippen LogP contribution in [-0.4, -0.2) is 31.1 Å². The summed E-state index contributed by atoms with van der Waals surface area (Å²) in [5.41, 5.74) is 0.404. The molecule has 1 N–H and O–H groups in total. The van der Waals surface area contributed by atoms with Gasteiger partial charge in [-0.05, 0) is 32.9 Å². The number of hydrogen-bond donors (Lipinski definition) is 1. The number of esters is 1. The van der Waals surface area contributed by atoms with E-state index in [2.05, 4.69) is 5.32 Å². The largest absolute Gasteiger partial charge is 0.493 e. The fourth-order valence-electron chi connectivity index (χ4n) is 1.49. The molecule has 1 rings (SSSR count). The van der Waals surface area contributed by atoms with Gasteiger partial charge in [-0.3, -0.25) is 9.59 Å². The van der Waals surface area contributed by atoms with Crippen LogP contribution >= 0.6 is 0 Å². The Morgan fingerprint density at radius 3 is 2.58 bits per heavy atom. The number of carbonyl (C=O) groups is 2. The van der Waals surface area contributed by atoms with Crippen molar-refractivity contribution in [3.05, 3.63) is 29.8 Å². The van der Waals surface area contributed by atoms with Gasteiger partial charge >= 0.3 is 5.97 Å². The van der Waals surface area contributed by atoms with E-state index in [4.69, 9.17) is 9.47 Å². The second-order valence-electron chi connectivity index (χ2n) is 4.15. The molecule has 0 heterocycles. The maximum atomic E-state index is 11.9. The average molecular weight is 265 g/mol. The zero-order valence-electron chi connectivity index (χ0n) is 11.4. The minimum atomic E-state index is -0.461. The number of benzene rings is 1. The molecule has 0 bridgehead atoms. The summed E-state index contributed by atoms with van der Waals surface area (Å²) in [4.78, 5) is 23.3. The number of carbonyl (C=O) groups excluding carboxylic acids is 2. The summed E-state index contributed by atoms with van der Waals surface area (Å²) in [6.45, 7) is 5.67. The fourth-order valence-corrected chi connectivity index (χ4v) is 1.49. The molecule has 19 heavy (non-hydrogen) atoms. The van der Waals surface area contributed by atoms with Gasteiger partial charge in [0.15, 0.2) is 0 Å². The molecular weight excluding hydrogens is 246 g/mol. The van der Waals surface area contributed by atoms with Crippen LogP contribution < -0.4 is 10.1 Å². The molecule has 0 atom stereocenters. The molecule has 0 aromatic heterocycles. The Hall–Kier alpha value is -2.04. The molecule has 0 spiro atoms. The molecule has 5 nitrogen and oxygen atoms in total. The van der Waals surface area contributed by atoms with Crippen molar-refractivity contribution < 1.29 is 19.1 Å². The molecule has 0 radical (unpaired) electrons.